The molecule has 0 aromatic heterocycles. The van der Waals surface area contributed by atoms with Crippen molar-refractivity contribution in [3.8, 4) is 17.6 Å². The van der Waals surface area contributed by atoms with Crippen molar-refractivity contribution < 1.29 is 48.0 Å². The van der Waals surface area contributed by atoms with E-state index in [4.69, 9.17) is 18.9 Å². The van der Waals surface area contributed by atoms with E-state index >= 15 is 19.2 Å². The number of aliphatic hydroxyl groups excluding tert-OH is 1. The summed E-state index contributed by atoms with van der Waals surface area (Å²) >= 11 is 0. The van der Waals surface area contributed by atoms with Crippen LogP contribution in [0, 0.1) is 23.7 Å². The number of rotatable bonds is 15. The van der Waals surface area contributed by atoms with Crippen LogP contribution in [-0.2, 0) is 45.3 Å². The maximum absolute atomic E-state index is 17.0. The lowest BCUT2D eigenvalue weighted by molar-refractivity contribution is -0.178. The molecule has 16 nitrogen and oxygen atoms in total. The van der Waals surface area contributed by atoms with E-state index in [1.807, 2.05) is 115 Å². The fourth-order valence-electron chi connectivity index (χ4n) is 11.8. The van der Waals surface area contributed by atoms with E-state index in [-0.39, 0.29) is 30.2 Å². The van der Waals surface area contributed by atoms with E-state index in [9.17, 15) is 9.90 Å². The lowest BCUT2D eigenvalue weighted by Gasteiger charge is -2.46. The van der Waals surface area contributed by atoms with Gasteiger partial charge < -0.3 is 39.6 Å². The van der Waals surface area contributed by atoms with E-state index in [0.29, 0.717) is 67.3 Å². The molecule has 1 spiro atoms. The van der Waals surface area contributed by atoms with Crippen molar-refractivity contribution in [2.75, 3.05) is 75.3 Å². The molecule has 10 rings (SSSR count). The SMILES string of the molecule is COC(=O)[C@@H](NC(=O)N1C(=O)[C@@]2(c3cc(C#CCN(C)Cc4ccccc4)ccc31)[C@H](C(=O)Nc1ccc(N3CCOCC3)cc1)[C@H]1C(=O)O[C@H](c3ccccc3)[C@H](c3ccccc3)N1[C@@H]2c1ccccc1OCCO)C(C)C. The molecule has 6 aromatic rings. The van der Waals surface area contributed by atoms with Gasteiger partial charge in [-0.15, -0.1) is 0 Å². The lowest BCUT2D eigenvalue weighted by atomic mass is 9.65. The number of carbonyl (C=O) groups excluding carboxylic acids is 5. The zero-order chi connectivity index (χ0) is 55.2. The minimum Gasteiger partial charge on any atom is -0.491 e. The Kier molecular flexibility index (Phi) is 16.2. The zero-order valence-electron chi connectivity index (χ0n) is 44.6. The molecule has 3 saturated heterocycles. The zero-order valence-corrected chi connectivity index (χ0v) is 44.6. The summed E-state index contributed by atoms with van der Waals surface area (Å²) in [7, 11) is 3.18. The van der Waals surface area contributed by atoms with Crippen molar-refractivity contribution in [3.05, 3.63) is 191 Å². The van der Waals surface area contributed by atoms with Crippen LogP contribution >= 0.6 is 0 Å². The van der Waals surface area contributed by atoms with Crippen LogP contribution in [0.25, 0.3) is 0 Å². The highest BCUT2D eigenvalue weighted by molar-refractivity contribution is 6.25. The molecule has 0 radical (unpaired) electrons. The molecular weight excluding hydrogens is 1000 g/mol. The molecule has 16 heteroatoms. The van der Waals surface area contributed by atoms with Gasteiger partial charge in [0.05, 0.1) is 57.2 Å². The Labute approximate surface area is 460 Å². The number of cyclic esters (lactones) is 1. The van der Waals surface area contributed by atoms with Gasteiger partial charge in [-0.2, -0.15) is 0 Å². The minimum absolute atomic E-state index is 0.108. The maximum atomic E-state index is 17.0. The Bertz CT molecular complexity index is 3240. The first-order chi connectivity index (χ1) is 38.4. The maximum Gasteiger partial charge on any atom is 0.329 e. The second kappa shape index (κ2) is 23.7. The fraction of sp³-hybridized carbons (Fsp3) is 0.317. The number of urea groups is 1. The largest absolute Gasteiger partial charge is 0.491 e. The molecule has 0 bridgehead atoms. The number of methoxy groups -OCH3 is 1. The van der Waals surface area contributed by atoms with Crippen LogP contribution in [0.5, 0.6) is 5.75 Å². The number of morpholine rings is 2. The molecule has 7 atom stereocenters. The van der Waals surface area contributed by atoms with Crippen LogP contribution in [-0.4, -0.2) is 117 Å². The summed E-state index contributed by atoms with van der Waals surface area (Å²) in [6.45, 7) is 6.52. The third-order valence-electron chi connectivity index (χ3n) is 15.3. The molecule has 4 heterocycles. The quantitative estimate of drug-likeness (QED) is 0.0678. The molecule has 4 aliphatic rings. The third-order valence-corrected chi connectivity index (χ3v) is 15.3. The Hall–Kier alpha value is -8.33. The number of benzene rings is 6. The number of fused-ring (bicyclic) bond motifs is 3. The molecule has 406 valence electrons. The van der Waals surface area contributed by atoms with Gasteiger partial charge in [0.25, 0.3) is 0 Å². The summed E-state index contributed by atoms with van der Waals surface area (Å²) in [5, 5.41) is 16.2. The number of amides is 4. The molecule has 3 fully saturated rings. The first-order valence-electron chi connectivity index (χ1n) is 26.7. The van der Waals surface area contributed by atoms with Crippen LogP contribution in [0.4, 0.5) is 21.9 Å². The van der Waals surface area contributed by atoms with Gasteiger partial charge in [-0.25, -0.2) is 14.5 Å². The highest BCUT2D eigenvalue weighted by Gasteiger charge is 2.76. The number of hydrogen-bond donors (Lipinski definition) is 3. The Morgan fingerprint density at radius 2 is 1.48 bits per heavy atom. The van der Waals surface area contributed by atoms with Crippen LogP contribution in [0.1, 0.15) is 65.4 Å². The van der Waals surface area contributed by atoms with Crippen LogP contribution < -0.4 is 25.2 Å². The minimum atomic E-state index is -2.19. The predicted molar refractivity (Wildman–Crippen MR) is 298 cm³/mol. The number of esters is 2. The summed E-state index contributed by atoms with van der Waals surface area (Å²) in [4.78, 5) is 84.9. The number of para-hydroxylation sites is 1. The Morgan fingerprint density at radius 3 is 2.15 bits per heavy atom. The molecule has 4 amide bonds. The van der Waals surface area contributed by atoms with Gasteiger partial charge in [0, 0.05) is 42.1 Å². The Morgan fingerprint density at radius 1 is 0.823 bits per heavy atom. The molecule has 0 unspecified atom stereocenters. The first kappa shape index (κ1) is 54.0. The summed E-state index contributed by atoms with van der Waals surface area (Å²) in [6, 6.07) is 42.5. The Balaban J connectivity index is 1.23. The monoisotopic (exact) mass is 1060 g/mol. The van der Waals surface area contributed by atoms with E-state index in [1.54, 1.807) is 68.4 Å². The second-order valence-corrected chi connectivity index (χ2v) is 20.5. The van der Waals surface area contributed by atoms with Crippen molar-refractivity contribution in [1.82, 2.24) is 15.1 Å². The topological polar surface area (TPSA) is 180 Å². The van der Waals surface area contributed by atoms with Gasteiger partial charge in [0.1, 0.15) is 36.0 Å². The van der Waals surface area contributed by atoms with Gasteiger partial charge >= 0.3 is 18.0 Å². The summed E-state index contributed by atoms with van der Waals surface area (Å²) < 4.78 is 23.8. The number of hydrogen-bond acceptors (Lipinski definition) is 13. The number of ether oxygens (including phenoxy) is 4. The highest BCUT2D eigenvalue weighted by Crippen LogP contribution is 2.66. The lowest BCUT2D eigenvalue weighted by Crippen LogP contribution is -2.57. The average Bonchev–Trinajstić information content (AvgIpc) is 2.41. The molecular formula is C63H64N6O10. The van der Waals surface area contributed by atoms with E-state index in [1.165, 1.54) is 7.11 Å². The fourth-order valence-corrected chi connectivity index (χ4v) is 11.8. The summed E-state index contributed by atoms with van der Waals surface area (Å²) in [5.74, 6) is 1.70. The molecule has 3 N–H and O–H groups in total. The normalized spacial score (nSPS) is 21.9. The van der Waals surface area contributed by atoms with Crippen LogP contribution in [0.2, 0.25) is 0 Å². The van der Waals surface area contributed by atoms with Crippen LogP contribution in [0.3, 0.4) is 0 Å². The van der Waals surface area contributed by atoms with E-state index < -0.39 is 77.3 Å². The number of anilines is 3. The third kappa shape index (κ3) is 10.6. The van der Waals surface area contributed by atoms with Crippen LogP contribution in [0.15, 0.2) is 158 Å². The molecule has 6 aromatic carbocycles. The van der Waals surface area contributed by atoms with Gasteiger partial charge in [-0.1, -0.05) is 135 Å². The van der Waals surface area contributed by atoms with Crippen molar-refractivity contribution in [2.24, 2.45) is 11.8 Å². The van der Waals surface area contributed by atoms with Crippen molar-refractivity contribution in [2.45, 2.75) is 56.1 Å². The average molecular weight is 1070 g/mol. The second-order valence-electron chi connectivity index (χ2n) is 20.5. The van der Waals surface area contributed by atoms with Gasteiger partial charge in [0.15, 0.2) is 0 Å². The summed E-state index contributed by atoms with van der Waals surface area (Å²) in [6.07, 6.45) is -0.987. The predicted octanol–water partition coefficient (Wildman–Crippen LogP) is 7.59. The highest BCUT2D eigenvalue weighted by atomic mass is 16.6. The number of carbonyl (C=O) groups is 5. The number of nitrogens with zero attached hydrogens (tertiary/aromatic N) is 4. The van der Waals surface area contributed by atoms with E-state index in [2.05, 4.69) is 32.3 Å². The van der Waals surface area contributed by atoms with Crippen molar-refractivity contribution in [1.29, 1.82) is 0 Å². The number of imide groups is 1. The molecule has 0 saturated carbocycles. The summed E-state index contributed by atoms with van der Waals surface area (Å²) in [5.41, 5.74) is 2.80. The number of aliphatic hydroxyl groups is 1. The standard InChI is InChI=1S/C63H64N6O10/c1-41(2)53(59(72)76-4)65-62(75)68-50-31-26-42(19-16-32-66(3)40-43-17-8-5-9-18-43)39-49(50)63(61(68)74)52(58(71)64-46-27-29-47(30-28-46)67-33-36-77-37-34-67)55-60(73)79-56(45-22-12-7-13-23-45)54(44-20-10-6-11-21-44)69(55)57(63)48-24-14-15-25-51(48)78-38-35-70/h5-15,17-18,20-31,39,41,52-57,70H,32-38,40H2,1-4H3,(H,64,71)(H,65,75)/t52-,53-,54-,55-,56+,57+,63-/m0/s1. The molecule has 0 aliphatic carbocycles. The van der Waals surface area contributed by atoms with E-state index in [0.717, 1.165) is 16.2 Å². The van der Waals surface area contributed by atoms with Gasteiger partial charge in [-0.3, -0.25) is 24.2 Å². The molecule has 4 aliphatic heterocycles. The van der Waals surface area contributed by atoms with Crippen molar-refractivity contribution >= 4 is 46.8 Å². The molecule has 79 heavy (non-hydrogen) atoms. The number of nitrogens with one attached hydrogen (secondary N) is 2. The van der Waals surface area contributed by atoms with Gasteiger partial charge in [-0.05, 0) is 83.8 Å². The van der Waals surface area contributed by atoms with Crippen molar-refractivity contribution in [3.63, 3.8) is 0 Å². The smallest absolute Gasteiger partial charge is 0.329 e. The van der Waals surface area contributed by atoms with Gasteiger partial charge in [0.2, 0.25) is 11.8 Å². The first-order valence-corrected chi connectivity index (χ1v) is 26.7.